The summed E-state index contributed by atoms with van der Waals surface area (Å²) in [7, 11) is 0. The first-order valence-electron chi connectivity index (χ1n) is 15.1. The number of benzene rings is 2. The molecule has 0 amide bonds. The summed E-state index contributed by atoms with van der Waals surface area (Å²) < 4.78 is 0. The molecule has 0 bridgehead atoms. The third-order valence-electron chi connectivity index (χ3n) is 8.18. The van der Waals surface area contributed by atoms with E-state index in [-0.39, 0.29) is 33.2 Å². The molecule has 0 aliphatic heterocycles. The predicted octanol–water partition coefficient (Wildman–Crippen LogP) is 7.93. The number of allylic oxidation sites excluding steroid dienone is 8. The number of ketones is 1. The number of Topliss-reactive ketones (excluding diaryl/α,β-unsaturated/α-hetero) is 1. The fourth-order valence-corrected chi connectivity index (χ4v) is 5.53. The van der Waals surface area contributed by atoms with Gasteiger partial charge in [0.15, 0.2) is 5.78 Å². The van der Waals surface area contributed by atoms with Gasteiger partial charge in [-0.25, -0.2) is 0 Å². The van der Waals surface area contributed by atoms with Gasteiger partial charge in [-0.2, -0.15) is 0 Å². The monoisotopic (exact) mass is 560 g/mol. The SMILES string of the molecule is CC(C)(C)C1=CC(=c2ccc(=C3C=C[C](c4cc(C(C)(C)C)c([O-])c(C(C)(C)C)c4)C=C3)cc2)C=C(C(C)(C)C)C1=O. The summed E-state index contributed by atoms with van der Waals surface area (Å²) in [6.07, 6.45) is 12.8. The van der Waals surface area contributed by atoms with E-state index in [1.807, 2.05) is 0 Å². The quantitative estimate of drug-likeness (QED) is 0.355. The van der Waals surface area contributed by atoms with Gasteiger partial charge < -0.3 is 5.11 Å². The summed E-state index contributed by atoms with van der Waals surface area (Å²) in [5.41, 5.74) is 5.81. The van der Waals surface area contributed by atoms with Crippen LogP contribution in [0.5, 0.6) is 5.75 Å². The van der Waals surface area contributed by atoms with Crippen LogP contribution in [-0.4, -0.2) is 5.78 Å². The summed E-state index contributed by atoms with van der Waals surface area (Å²) in [5.74, 6) is 1.42. The Morgan fingerprint density at radius 3 is 1.26 bits per heavy atom. The molecule has 42 heavy (non-hydrogen) atoms. The lowest BCUT2D eigenvalue weighted by atomic mass is 9.71. The fraction of sp³-hybridized carbons (Fsp3) is 0.400. The maximum absolute atomic E-state index is 13.4. The number of carbonyl (C=O) groups is 1. The van der Waals surface area contributed by atoms with Gasteiger partial charge in [-0.05, 0) is 72.1 Å². The Kier molecular flexibility index (Phi) is 8.04. The van der Waals surface area contributed by atoms with Crippen molar-refractivity contribution in [3.8, 4) is 5.75 Å². The highest BCUT2D eigenvalue weighted by Gasteiger charge is 2.34. The molecule has 0 spiro atoms. The zero-order valence-electron chi connectivity index (χ0n) is 27.7. The lowest BCUT2D eigenvalue weighted by Crippen LogP contribution is -2.28. The van der Waals surface area contributed by atoms with Gasteiger partial charge >= 0.3 is 0 Å². The van der Waals surface area contributed by atoms with E-state index in [1.54, 1.807) is 0 Å². The Bertz CT molecular complexity index is 1550. The Labute approximate surface area is 254 Å². The van der Waals surface area contributed by atoms with Crippen LogP contribution in [0.2, 0.25) is 0 Å². The van der Waals surface area contributed by atoms with Crippen molar-refractivity contribution in [1.29, 1.82) is 0 Å². The van der Waals surface area contributed by atoms with Gasteiger partial charge in [-0.1, -0.05) is 144 Å². The summed E-state index contributed by atoms with van der Waals surface area (Å²) in [6.45, 7) is 25.3. The summed E-state index contributed by atoms with van der Waals surface area (Å²) in [4.78, 5) is 13.4. The van der Waals surface area contributed by atoms with Crippen molar-refractivity contribution in [2.24, 2.45) is 10.8 Å². The molecule has 4 rings (SSSR count). The molecule has 2 nitrogen and oxygen atoms in total. The van der Waals surface area contributed by atoms with Crippen LogP contribution in [0, 0.1) is 16.7 Å². The fourth-order valence-electron chi connectivity index (χ4n) is 5.53. The average molecular weight is 561 g/mol. The Morgan fingerprint density at radius 2 is 0.905 bits per heavy atom. The van der Waals surface area contributed by atoms with Gasteiger partial charge in [0.05, 0.1) is 0 Å². The van der Waals surface area contributed by atoms with Crippen LogP contribution < -0.4 is 15.5 Å². The zero-order valence-corrected chi connectivity index (χ0v) is 27.7. The topological polar surface area (TPSA) is 40.1 Å². The van der Waals surface area contributed by atoms with Gasteiger partial charge in [0.2, 0.25) is 0 Å². The van der Waals surface area contributed by atoms with Crippen LogP contribution >= 0.6 is 0 Å². The normalized spacial score (nSPS) is 17.1. The first-order valence-corrected chi connectivity index (χ1v) is 15.1. The highest BCUT2D eigenvalue weighted by atomic mass is 16.3. The highest BCUT2D eigenvalue weighted by molar-refractivity contribution is 6.14. The van der Waals surface area contributed by atoms with E-state index >= 15 is 0 Å². The molecule has 0 saturated carbocycles. The minimum atomic E-state index is -0.232. The maximum atomic E-state index is 13.4. The van der Waals surface area contributed by atoms with E-state index in [0.29, 0.717) is 0 Å². The minimum Gasteiger partial charge on any atom is -0.872 e. The molecule has 2 aliphatic carbocycles. The standard InChI is InChI=1S/C40H49O2/c1-37(2,3)31-21-29(22-32(35(31)41)38(4,5)6)27-17-13-25(14-18-27)26-15-19-28(20-16-26)30-23-33(39(7,8)9)36(42)34(24-30)40(10,11)12/h13-24,41H,1-12H3/p-1. The second kappa shape index (κ2) is 10.7. The lowest BCUT2D eigenvalue weighted by Gasteiger charge is -2.34. The second-order valence-electron chi connectivity index (χ2n) is 16.0. The van der Waals surface area contributed by atoms with Crippen LogP contribution in [0.4, 0.5) is 0 Å². The molecule has 2 aliphatic rings. The second-order valence-corrected chi connectivity index (χ2v) is 16.0. The van der Waals surface area contributed by atoms with E-state index in [0.717, 1.165) is 55.3 Å². The van der Waals surface area contributed by atoms with E-state index in [4.69, 9.17) is 0 Å². The number of rotatable bonds is 1. The van der Waals surface area contributed by atoms with Crippen molar-refractivity contribution in [3.05, 3.63) is 117 Å². The molecule has 0 saturated heterocycles. The summed E-state index contributed by atoms with van der Waals surface area (Å²) in [6, 6.07) is 12.8. The molecule has 221 valence electrons. The molecular weight excluding hydrogens is 512 g/mol. The van der Waals surface area contributed by atoms with E-state index in [9.17, 15) is 9.90 Å². The first-order chi connectivity index (χ1) is 19.2. The molecule has 0 N–H and O–H groups in total. The molecule has 0 aromatic heterocycles. The van der Waals surface area contributed by atoms with Crippen LogP contribution in [0.25, 0.3) is 11.1 Å². The third-order valence-corrected chi connectivity index (χ3v) is 8.18. The molecule has 0 unspecified atom stereocenters. The highest BCUT2D eigenvalue weighted by Crippen LogP contribution is 2.41. The van der Waals surface area contributed by atoms with Crippen molar-refractivity contribution in [1.82, 2.24) is 0 Å². The average Bonchev–Trinajstić information content (AvgIpc) is 2.86. The zero-order chi connectivity index (χ0) is 31.4. The van der Waals surface area contributed by atoms with E-state index in [2.05, 4.69) is 156 Å². The molecule has 2 heteroatoms. The Balaban J connectivity index is 1.74. The number of hydrogen-bond acceptors (Lipinski definition) is 2. The van der Waals surface area contributed by atoms with Crippen molar-refractivity contribution < 1.29 is 9.90 Å². The molecule has 2 aromatic carbocycles. The molecule has 0 atom stereocenters. The van der Waals surface area contributed by atoms with Crippen LogP contribution in [0.1, 0.15) is 99.8 Å². The van der Waals surface area contributed by atoms with Gasteiger partial charge in [-0.3, -0.25) is 4.79 Å². The van der Waals surface area contributed by atoms with Crippen LogP contribution in [0.3, 0.4) is 0 Å². The van der Waals surface area contributed by atoms with Crippen LogP contribution in [0.15, 0.2) is 84.0 Å². The largest absolute Gasteiger partial charge is 0.872 e. The lowest BCUT2D eigenvalue weighted by molar-refractivity contribution is -0.271. The Hall–Kier alpha value is -3.39. The number of hydrogen-bond donors (Lipinski definition) is 0. The maximum Gasteiger partial charge on any atom is 0.186 e. The first kappa shape index (κ1) is 31.5. The van der Waals surface area contributed by atoms with Crippen molar-refractivity contribution in [2.45, 2.75) is 93.9 Å². The number of carbonyl (C=O) groups excluding carboxylic acids is 1. The van der Waals surface area contributed by atoms with Crippen molar-refractivity contribution >= 4 is 16.9 Å². The minimum absolute atomic E-state index is 0.157. The van der Waals surface area contributed by atoms with Crippen LogP contribution in [-0.2, 0) is 15.6 Å². The van der Waals surface area contributed by atoms with Crippen molar-refractivity contribution in [3.63, 3.8) is 0 Å². The molecule has 0 heterocycles. The Morgan fingerprint density at radius 1 is 0.524 bits per heavy atom. The van der Waals surface area contributed by atoms with E-state index in [1.165, 1.54) is 0 Å². The molecule has 1 radical (unpaired) electrons. The van der Waals surface area contributed by atoms with Gasteiger partial charge in [0, 0.05) is 17.1 Å². The third kappa shape index (κ3) is 6.48. The smallest absolute Gasteiger partial charge is 0.186 e. The molecule has 0 fully saturated rings. The van der Waals surface area contributed by atoms with Gasteiger partial charge in [0.25, 0.3) is 0 Å². The summed E-state index contributed by atoms with van der Waals surface area (Å²) >= 11 is 0. The molecular formula is C40H48O2-. The van der Waals surface area contributed by atoms with Crippen molar-refractivity contribution in [2.75, 3.05) is 0 Å². The van der Waals surface area contributed by atoms with E-state index < -0.39 is 0 Å². The van der Waals surface area contributed by atoms with Gasteiger partial charge in [0.1, 0.15) is 0 Å². The molecule has 2 aromatic rings. The summed E-state index contributed by atoms with van der Waals surface area (Å²) in [5, 5.41) is 15.6. The van der Waals surface area contributed by atoms with Gasteiger partial charge in [-0.15, -0.1) is 5.75 Å². The predicted molar refractivity (Wildman–Crippen MR) is 177 cm³/mol.